The van der Waals surface area contributed by atoms with Crippen LogP contribution in [0.5, 0.6) is 0 Å². The molecule has 0 aliphatic heterocycles. The van der Waals surface area contributed by atoms with Crippen LogP contribution in [-0.2, 0) is 21.1 Å². The molecule has 80 valence electrons. The summed E-state index contributed by atoms with van der Waals surface area (Å²) in [6.45, 7) is 2.46. The van der Waals surface area contributed by atoms with E-state index in [-0.39, 0.29) is 64.3 Å². The van der Waals surface area contributed by atoms with Crippen LogP contribution in [0.1, 0.15) is 6.92 Å². The third kappa shape index (κ3) is 128. The summed E-state index contributed by atoms with van der Waals surface area (Å²) in [5.41, 5.74) is 10.2. The molecule has 0 aliphatic rings. The van der Waals surface area contributed by atoms with Gasteiger partial charge in [0.25, 0.3) is 0 Å². The van der Waals surface area contributed by atoms with Gasteiger partial charge < -0.3 is 53.9 Å². The summed E-state index contributed by atoms with van der Waals surface area (Å²) in [5.74, 6) is 0. The van der Waals surface area contributed by atoms with Gasteiger partial charge in [-0.15, -0.1) is 4.91 Å². The quantitative estimate of drug-likeness (QED) is 0.289. The Morgan fingerprint density at radius 3 is 1.50 bits per heavy atom. The van der Waals surface area contributed by atoms with Crippen LogP contribution in [0, 0.1) is 4.91 Å². The summed E-state index contributed by atoms with van der Waals surface area (Å²) in [7, 11) is 0. The summed E-state index contributed by atoms with van der Waals surface area (Å²) in [6.07, 6.45) is 0. The monoisotopic (exact) mass is 421 g/mol. The van der Waals surface area contributed by atoms with Gasteiger partial charge in [-0.3, -0.25) is 0 Å². The zero-order chi connectivity index (χ0) is 6.99. The molecule has 0 spiro atoms. The van der Waals surface area contributed by atoms with E-state index in [1.54, 1.807) is 0 Å². The normalized spacial score (nSPS) is 7.25. The van der Waals surface area contributed by atoms with Crippen LogP contribution in [-0.4, -0.2) is 17.8 Å². The van der Waals surface area contributed by atoms with Gasteiger partial charge in [0.2, 0.25) is 0 Å². The van der Waals surface area contributed by atoms with Gasteiger partial charge in [-0.25, -0.2) is 0 Å². The molecule has 0 aromatic heterocycles. The molecule has 0 radical (unpaired) electrons. The molecule has 9 heteroatoms. The van der Waals surface area contributed by atoms with Crippen molar-refractivity contribution in [3.8, 4) is 0 Å². The molecule has 0 saturated carbocycles. The second-order valence-electron chi connectivity index (χ2n) is 1.29. The molecular formula is C3H11Cl3N3O2Pt+. The van der Waals surface area contributed by atoms with Crippen molar-refractivity contribution < 1.29 is 63.5 Å². The minimum atomic E-state index is 0. The molecule has 1 unspecified atom stereocenters. The fourth-order valence-electron chi connectivity index (χ4n) is 0. The summed E-state index contributed by atoms with van der Waals surface area (Å²) >= 11 is 0. The molecule has 1 atom stereocenters. The molecule has 12 heavy (non-hydrogen) atoms. The fourth-order valence-corrected chi connectivity index (χ4v) is 0. The Bertz CT molecular complexity index is 62.1. The summed E-state index contributed by atoms with van der Waals surface area (Å²) in [5, 5.41) is 7.89. The SMILES string of the molecule is CC(N)CN.O=NO.[Cl-].[Cl-].[Cl-].[Pt+4]. The Hall–Kier alpha value is 0.878. The van der Waals surface area contributed by atoms with E-state index in [1.807, 2.05) is 6.92 Å². The van der Waals surface area contributed by atoms with Crippen LogP contribution >= 0.6 is 0 Å². The maximum atomic E-state index is 8.11. The molecule has 0 rings (SSSR count). The maximum Gasteiger partial charge on any atom is 4.00 e. The van der Waals surface area contributed by atoms with E-state index in [4.69, 9.17) is 21.6 Å². The summed E-state index contributed by atoms with van der Waals surface area (Å²) in [6, 6.07) is 0.162. The van der Waals surface area contributed by atoms with Crippen molar-refractivity contribution in [1.29, 1.82) is 0 Å². The van der Waals surface area contributed by atoms with Crippen LogP contribution < -0.4 is 48.7 Å². The van der Waals surface area contributed by atoms with Gasteiger partial charge in [0.15, 0.2) is 5.34 Å². The third-order valence-corrected chi connectivity index (χ3v) is 0.372. The van der Waals surface area contributed by atoms with E-state index < -0.39 is 0 Å². The average molecular weight is 423 g/mol. The minimum Gasteiger partial charge on any atom is -1.00 e. The van der Waals surface area contributed by atoms with E-state index in [1.165, 1.54) is 5.34 Å². The number of halogens is 3. The first-order valence-corrected chi connectivity index (χ1v) is 2.11. The number of nitrogens with zero attached hydrogens (tertiary/aromatic N) is 1. The first kappa shape index (κ1) is 38.4. The zero-order valence-electron chi connectivity index (χ0n) is 6.19. The molecule has 0 aliphatic carbocycles. The number of rotatable bonds is 1. The van der Waals surface area contributed by atoms with E-state index in [2.05, 4.69) is 0 Å². The van der Waals surface area contributed by atoms with Crippen molar-refractivity contribution in [3.05, 3.63) is 4.91 Å². The summed E-state index contributed by atoms with van der Waals surface area (Å²) < 4.78 is 0. The molecule has 0 aromatic carbocycles. The predicted molar refractivity (Wildman–Crippen MR) is 30.3 cm³/mol. The summed E-state index contributed by atoms with van der Waals surface area (Å²) in [4.78, 5) is 8.11. The third-order valence-electron chi connectivity index (χ3n) is 0.372. The van der Waals surface area contributed by atoms with E-state index in [0.717, 1.165) is 0 Å². The van der Waals surface area contributed by atoms with Gasteiger partial charge in [-0.05, 0) is 6.92 Å². The molecule has 0 aromatic rings. The Balaban J connectivity index is -0.0000000119. The van der Waals surface area contributed by atoms with Crippen molar-refractivity contribution in [1.82, 2.24) is 0 Å². The fraction of sp³-hybridized carbons (Fsp3) is 1.00. The Morgan fingerprint density at radius 2 is 1.50 bits per heavy atom. The number of nitrogens with two attached hydrogens (primary N) is 2. The van der Waals surface area contributed by atoms with Crippen molar-refractivity contribution in [2.24, 2.45) is 16.8 Å². The van der Waals surface area contributed by atoms with Crippen LogP contribution in [0.2, 0.25) is 0 Å². The van der Waals surface area contributed by atoms with E-state index in [0.29, 0.717) is 6.54 Å². The molecule has 5 nitrogen and oxygen atoms in total. The Morgan fingerprint density at radius 1 is 1.42 bits per heavy atom. The van der Waals surface area contributed by atoms with E-state index >= 15 is 0 Å². The van der Waals surface area contributed by atoms with Crippen LogP contribution in [0.4, 0.5) is 0 Å². The van der Waals surface area contributed by atoms with Gasteiger partial charge in [-0.2, -0.15) is 0 Å². The molecule has 5 N–H and O–H groups in total. The van der Waals surface area contributed by atoms with Crippen molar-refractivity contribution >= 4 is 0 Å². The van der Waals surface area contributed by atoms with Gasteiger partial charge in [0.05, 0.1) is 0 Å². The first-order chi connectivity index (χ1) is 3.68. The van der Waals surface area contributed by atoms with Crippen LogP contribution in [0.25, 0.3) is 0 Å². The Labute approximate surface area is 104 Å². The molecule has 0 amide bonds. The predicted octanol–water partition coefficient (Wildman–Crippen LogP) is -9.56. The topological polar surface area (TPSA) is 102 Å². The average Bonchev–Trinajstić information content (AvgIpc) is 1.69. The Kier molecular flexibility index (Phi) is 130. The van der Waals surface area contributed by atoms with Crippen LogP contribution in [0.15, 0.2) is 5.34 Å². The zero-order valence-corrected chi connectivity index (χ0v) is 10.7. The maximum absolute atomic E-state index is 8.11. The molecule has 0 saturated heterocycles. The first-order valence-electron chi connectivity index (χ1n) is 2.11. The van der Waals surface area contributed by atoms with Gasteiger partial charge in [0.1, 0.15) is 0 Å². The van der Waals surface area contributed by atoms with Crippen molar-refractivity contribution in [2.75, 3.05) is 6.54 Å². The largest absolute Gasteiger partial charge is 4.00 e. The second-order valence-corrected chi connectivity index (χ2v) is 1.29. The van der Waals surface area contributed by atoms with Crippen molar-refractivity contribution in [2.45, 2.75) is 13.0 Å². The molecular weight excluding hydrogens is 411 g/mol. The van der Waals surface area contributed by atoms with Gasteiger partial charge in [0, 0.05) is 12.6 Å². The molecule has 0 bridgehead atoms. The number of hydrogen-bond acceptors (Lipinski definition) is 4. The van der Waals surface area contributed by atoms with E-state index in [9.17, 15) is 0 Å². The van der Waals surface area contributed by atoms with Crippen molar-refractivity contribution in [3.63, 3.8) is 0 Å². The minimum absolute atomic E-state index is 0. The van der Waals surface area contributed by atoms with Crippen LogP contribution in [0.3, 0.4) is 0 Å². The van der Waals surface area contributed by atoms with Gasteiger partial charge >= 0.3 is 21.1 Å². The molecule has 0 fully saturated rings. The smallest absolute Gasteiger partial charge is 1.00 e. The van der Waals surface area contributed by atoms with Gasteiger partial charge in [-0.1, -0.05) is 0 Å². The standard InChI is InChI=1S/C3H10N2.3ClH.HNO2.Pt/c1-3(5)2-4;;;;2-1-3;/h3H,2,4-5H2,1H3;3*1H;(H,2,3);/q;;;;;+4/p-3. The molecule has 0 heterocycles. The second kappa shape index (κ2) is 40.7. The number of hydrogen-bond donors (Lipinski definition) is 3.